The number of para-hydroxylation sites is 1. The summed E-state index contributed by atoms with van der Waals surface area (Å²) < 4.78 is 31.0. The van der Waals surface area contributed by atoms with Gasteiger partial charge in [-0.1, -0.05) is 30.3 Å². The molecule has 7 heteroatoms. The number of nitrogens with one attached hydrogen (secondary N) is 1. The first-order valence-electron chi connectivity index (χ1n) is 9.79. The first kappa shape index (κ1) is 21.6. The van der Waals surface area contributed by atoms with Crippen molar-refractivity contribution in [1.82, 2.24) is 9.88 Å². The molecule has 0 saturated heterocycles. The van der Waals surface area contributed by atoms with E-state index in [1.165, 1.54) is 6.26 Å². The molecule has 1 aromatic heterocycles. The molecule has 3 rings (SSSR count). The number of alkyl carbamates (subject to hydrolysis) is 1. The summed E-state index contributed by atoms with van der Waals surface area (Å²) in [7, 11) is -3.25. The summed E-state index contributed by atoms with van der Waals surface area (Å²) in [5.41, 5.74) is 4.97. The average Bonchev–Trinajstić information content (AvgIpc) is 3.05. The maximum absolute atomic E-state index is 11.8. The van der Waals surface area contributed by atoms with Gasteiger partial charge in [-0.05, 0) is 55.3 Å². The maximum atomic E-state index is 11.8. The van der Waals surface area contributed by atoms with Crippen LogP contribution in [0.4, 0.5) is 4.79 Å². The minimum Gasteiger partial charge on any atom is -0.449 e. The molecule has 3 aromatic rings. The number of carbonyl (C=O) groups is 1. The molecule has 2 aromatic carbocycles. The van der Waals surface area contributed by atoms with E-state index in [1.807, 2.05) is 56.3 Å². The van der Waals surface area contributed by atoms with Crippen LogP contribution in [0.5, 0.6) is 0 Å². The molecule has 1 heterocycles. The van der Waals surface area contributed by atoms with Crippen LogP contribution in [0.3, 0.4) is 0 Å². The van der Waals surface area contributed by atoms with Gasteiger partial charge in [0.05, 0.1) is 17.2 Å². The van der Waals surface area contributed by atoms with Gasteiger partial charge in [-0.2, -0.15) is 0 Å². The Labute approximate surface area is 177 Å². The molecule has 0 aliphatic carbocycles. The number of sulfone groups is 1. The van der Waals surface area contributed by atoms with E-state index in [2.05, 4.69) is 16.0 Å². The van der Waals surface area contributed by atoms with Crippen molar-refractivity contribution in [3.8, 4) is 16.9 Å². The first-order valence-corrected chi connectivity index (χ1v) is 11.7. The van der Waals surface area contributed by atoms with E-state index in [0.717, 1.165) is 28.2 Å². The summed E-state index contributed by atoms with van der Waals surface area (Å²) in [4.78, 5) is 11.8. The number of amides is 1. The van der Waals surface area contributed by atoms with Gasteiger partial charge >= 0.3 is 6.09 Å². The second-order valence-electron chi connectivity index (χ2n) is 7.02. The van der Waals surface area contributed by atoms with Gasteiger partial charge in [0.2, 0.25) is 0 Å². The Hall–Kier alpha value is -3.06. The van der Waals surface area contributed by atoms with Crippen molar-refractivity contribution >= 4 is 15.9 Å². The van der Waals surface area contributed by atoms with E-state index in [4.69, 9.17) is 4.74 Å². The quantitative estimate of drug-likeness (QED) is 0.616. The van der Waals surface area contributed by atoms with Gasteiger partial charge in [0.1, 0.15) is 0 Å². The van der Waals surface area contributed by atoms with E-state index >= 15 is 0 Å². The van der Waals surface area contributed by atoms with E-state index in [-0.39, 0.29) is 11.5 Å². The lowest BCUT2D eigenvalue weighted by molar-refractivity contribution is 0.148. The van der Waals surface area contributed by atoms with Crippen molar-refractivity contribution < 1.29 is 17.9 Å². The fourth-order valence-corrected chi connectivity index (χ4v) is 3.99. The molecular formula is C23H26N2O4S. The van der Waals surface area contributed by atoms with Gasteiger partial charge in [-0.25, -0.2) is 13.2 Å². The molecule has 6 nitrogen and oxygen atoms in total. The fourth-order valence-electron chi connectivity index (χ4n) is 3.36. The highest BCUT2D eigenvalue weighted by Crippen LogP contribution is 2.30. The summed E-state index contributed by atoms with van der Waals surface area (Å²) in [6, 6.07) is 18.9. The van der Waals surface area contributed by atoms with Crippen LogP contribution < -0.4 is 5.32 Å². The number of benzene rings is 2. The molecule has 0 radical (unpaired) electrons. The number of hydrogen-bond acceptors (Lipinski definition) is 4. The standard InChI is InChI=1S/C23H26N2O4S/c1-4-24-23(26)29-15-14-19-16-22(18-10-12-21(13-11-18)30(3,27)28)25(17(19)2)20-8-6-5-7-9-20/h5-13,16H,4,14-15H2,1-3H3,(H,24,26). The summed E-state index contributed by atoms with van der Waals surface area (Å²) in [6.45, 7) is 4.67. The smallest absolute Gasteiger partial charge is 0.407 e. The van der Waals surface area contributed by atoms with E-state index in [1.54, 1.807) is 12.1 Å². The predicted octanol–water partition coefficient (Wildman–Crippen LogP) is 4.14. The molecule has 1 amide bonds. The minimum atomic E-state index is -3.25. The highest BCUT2D eigenvalue weighted by Gasteiger charge is 2.16. The zero-order chi connectivity index (χ0) is 21.7. The molecule has 0 aliphatic rings. The second kappa shape index (κ2) is 9.17. The number of ether oxygens (including phenoxy) is 1. The van der Waals surface area contributed by atoms with E-state index < -0.39 is 15.9 Å². The lowest BCUT2D eigenvalue weighted by Crippen LogP contribution is -2.24. The summed E-state index contributed by atoms with van der Waals surface area (Å²) in [5.74, 6) is 0. The van der Waals surface area contributed by atoms with Crippen LogP contribution in [0.25, 0.3) is 16.9 Å². The second-order valence-corrected chi connectivity index (χ2v) is 9.04. The van der Waals surface area contributed by atoms with Gasteiger partial charge in [-0.15, -0.1) is 0 Å². The van der Waals surface area contributed by atoms with Crippen LogP contribution >= 0.6 is 0 Å². The van der Waals surface area contributed by atoms with Gasteiger partial charge in [0.15, 0.2) is 9.84 Å². The molecule has 30 heavy (non-hydrogen) atoms. The number of carbonyl (C=O) groups excluding carboxylic acids is 1. The Morgan fingerprint density at radius 3 is 2.33 bits per heavy atom. The molecule has 0 bridgehead atoms. The van der Waals surface area contributed by atoms with Crippen LogP contribution in [0.1, 0.15) is 18.2 Å². The molecule has 0 saturated carbocycles. The van der Waals surface area contributed by atoms with Crippen LogP contribution in [0, 0.1) is 6.92 Å². The zero-order valence-electron chi connectivity index (χ0n) is 17.4. The maximum Gasteiger partial charge on any atom is 0.407 e. The largest absolute Gasteiger partial charge is 0.449 e. The minimum absolute atomic E-state index is 0.276. The van der Waals surface area contributed by atoms with Crippen molar-refractivity contribution in [2.75, 3.05) is 19.4 Å². The summed E-state index contributed by atoms with van der Waals surface area (Å²) in [5, 5.41) is 2.62. The molecule has 0 spiro atoms. The van der Waals surface area contributed by atoms with Gasteiger partial charge in [-0.3, -0.25) is 0 Å². The van der Waals surface area contributed by atoms with Crippen LogP contribution in [-0.4, -0.2) is 38.5 Å². The molecule has 0 atom stereocenters. The third-order valence-electron chi connectivity index (χ3n) is 4.87. The Morgan fingerprint density at radius 2 is 1.73 bits per heavy atom. The topological polar surface area (TPSA) is 77.4 Å². The third-order valence-corrected chi connectivity index (χ3v) is 6.00. The van der Waals surface area contributed by atoms with Crippen LogP contribution in [0.2, 0.25) is 0 Å². The van der Waals surface area contributed by atoms with Crippen molar-refractivity contribution in [1.29, 1.82) is 0 Å². The summed E-state index contributed by atoms with van der Waals surface area (Å²) in [6.07, 6.45) is 1.36. The molecular weight excluding hydrogens is 400 g/mol. The Kier molecular flexibility index (Phi) is 6.62. The average molecular weight is 427 g/mol. The Morgan fingerprint density at radius 1 is 1.07 bits per heavy atom. The molecule has 0 fully saturated rings. The molecule has 158 valence electrons. The van der Waals surface area contributed by atoms with Crippen molar-refractivity contribution in [2.45, 2.75) is 25.2 Å². The molecule has 0 unspecified atom stereocenters. The molecule has 1 N–H and O–H groups in total. The van der Waals surface area contributed by atoms with E-state index in [0.29, 0.717) is 13.0 Å². The monoisotopic (exact) mass is 426 g/mol. The lowest BCUT2D eigenvalue weighted by atomic mass is 10.1. The fraction of sp³-hybridized carbons (Fsp3) is 0.261. The van der Waals surface area contributed by atoms with Gasteiger partial charge in [0, 0.05) is 30.6 Å². The van der Waals surface area contributed by atoms with E-state index in [9.17, 15) is 13.2 Å². The van der Waals surface area contributed by atoms with Crippen molar-refractivity contribution in [3.05, 3.63) is 71.9 Å². The number of nitrogens with zero attached hydrogens (tertiary/aromatic N) is 1. The SMILES string of the molecule is CCNC(=O)OCCc1cc(-c2ccc(S(C)(=O)=O)cc2)n(-c2ccccc2)c1C. The number of rotatable bonds is 7. The Bertz CT molecular complexity index is 1120. The third kappa shape index (κ3) is 4.91. The summed E-state index contributed by atoms with van der Waals surface area (Å²) >= 11 is 0. The van der Waals surface area contributed by atoms with Crippen LogP contribution in [-0.2, 0) is 21.0 Å². The number of aromatic nitrogens is 1. The highest BCUT2D eigenvalue weighted by atomic mass is 32.2. The van der Waals surface area contributed by atoms with Crippen molar-refractivity contribution in [3.63, 3.8) is 0 Å². The highest BCUT2D eigenvalue weighted by molar-refractivity contribution is 7.90. The zero-order valence-corrected chi connectivity index (χ0v) is 18.2. The van der Waals surface area contributed by atoms with Gasteiger partial charge < -0.3 is 14.6 Å². The predicted molar refractivity (Wildman–Crippen MR) is 118 cm³/mol. The van der Waals surface area contributed by atoms with Crippen molar-refractivity contribution in [2.24, 2.45) is 0 Å². The van der Waals surface area contributed by atoms with Gasteiger partial charge in [0.25, 0.3) is 0 Å². The number of hydrogen-bond donors (Lipinski definition) is 1. The first-order chi connectivity index (χ1) is 14.3. The normalized spacial score (nSPS) is 11.3. The Balaban J connectivity index is 1.98. The van der Waals surface area contributed by atoms with Crippen LogP contribution in [0.15, 0.2) is 65.6 Å². The molecule has 0 aliphatic heterocycles. The lowest BCUT2D eigenvalue weighted by Gasteiger charge is -2.13.